The van der Waals surface area contributed by atoms with Gasteiger partial charge in [0.15, 0.2) is 0 Å². The Hall–Kier alpha value is -1.85. The molecule has 1 aromatic heterocycles. The summed E-state index contributed by atoms with van der Waals surface area (Å²) in [6.45, 7) is 2.38. The highest BCUT2D eigenvalue weighted by Gasteiger charge is 2.13. The van der Waals surface area contributed by atoms with Crippen LogP contribution in [0.5, 0.6) is 0 Å². The SMILES string of the molecule is Cl.Cn1cc(CCNC(=O)c2ccc3c(c2)CNC3)cn1. The molecule has 0 spiro atoms. The molecule has 1 aliphatic heterocycles. The van der Waals surface area contributed by atoms with Crippen molar-refractivity contribution < 1.29 is 4.79 Å². The zero-order valence-electron chi connectivity index (χ0n) is 11.9. The zero-order chi connectivity index (χ0) is 13.9. The van der Waals surface area contributed by atoms with Crippen LogP contribution in [0, 0.1) is 0 Å². The van der Waals surface area contributed by atoms with Crippen molar-refractivity contribution in [1.82, 2.24) is 20.4 Å². The summed E-state index contributed by atoms with van der Waals surface area (Å²) < 4.78 is 1.77. The molecule has 0 bridgehead atoms. The van der Waals surface area contributed by atoms with Crippen LogP contribution in [0.15, 0.2) is 30.6 Å². The monoisotopic (exact) mass is 306 g/mol. The van der Waals surface area contributed by atoms with Gasteiger partial charge in [-0.2, -0.15) is 5.10 Å². The van der Waals surface area contributed by atoms with Crippen LogP contribution in [0.4, 0.5) is 0 Å². The Labute approximate surface area is 130 Å². The largest absolute Gasteiger partial charge is 0.352 e. The second kappa shape index (κ2) is 6.74. The van der Waals surface area contributed by atoms with Crippen molar-refractivity contribution in [2.24, 2.45) is 7.05 Å². The molecule has 0 unspecified atom stereocenters. The average molecular weight is 307 g/mol. The number of nitrogens with one attached hydrogen (secondary N) is 2. The van der Waals surface area contributed by atoms with Crippen LogP contribution in [0.25, 0.3) is 0 Å². The summed E-state index contributed by atoms with van der Waals surface area (Å²) in [7, 11) is 1.89. The summed E-state index contributed by atoms with van der Waals surface area (Å²) in [6, 6.07) is 5.91. The number of amides is 1. The van der Waals surface area contributed by atoms with E-state index in [1.165, 1.54) is 11.1 Å². The zero-order valence-corrected chi connectivity index (χ0v) is 12.7. The molecule has 0 fully saturated rings. The lowest BCUT2D eigenvalue weighted by Crippen LogP contribution is -2.25. The first-order chi connectivity index (χ1) is 9.72. The Kier molecular flexibility index (Phi) is 4.98. The lowest BCUT2D eigenvalue weighted by Gasteiger charge is -2.06. The van der Waals surface area contributed by atoms with E-state index in [-0.39, 0.29) is 18.3 Å². The molecule has 3 rings (SSSR count). The minimum atomic E-state index is -0.0106. The number of nitrogens with zero attached hydrogens (tertiary/aromatic N) is 2. The van der Waals surface area contributed by atoms with Gasteiger partial charge in [0.25, 0.3) is 5.91 Å². The van der Waals surface area contributed by atoms with Gasteiger partial charge in [-0.25, -0.2) is 0 Å². The number of fused-ring (bicyclic) bond motifs is 1. The van der Waals surface area contributed by atoms with Gasteiger partial charge < -0.3 is 10.6 Å². The molecule has 5 nitrogen and oxygen atoms in total. The maximum Gasteiger partial charge on any atom is 0.251 e. The van der Waals surface area contributed by atoms with E-state index in [1.807, 2.05) is 37.6 Å². The quantitative estimate of drug-likeness (QED) is 0.898. The second-order valence-electron chi connectivity index (χ2n) is 5.12. The molecule has 1 amide bonds. The first-order valence-corrected chi connectivity index (χ1v) is 6.80. The van der Waals surface area contributed by atoms with Crippen molar-refractivity contribution in [3.05, 3.63) is 52.8 Å². The van der Waals surface area contributed by atoms with Crippen LogP contribution in [0.2, 0.25) is 0 Å². The van der Waals surface area contributed by atoms with Crippen molar-refractivity contribution >= 4 is 18.3 Å². The van der Waals surface area contributed by atoms with E-state index in [4.69, 9.17) is 0 Å². The molecule has 1 aromatic carbocycles. The van der Waals surface area contributed by atoms with Gasteiger partial charge in [-0.15, -0.1) is 12.4 Å². The number of rotatable bonds is 4. The summed E-state index contributed by atoms with van der Waals surface area (Å²) >= 11 is 0. The summed E-state index contributed by atoms with van der Waals surface area (Å²) in [5.41, 5.74) is 4.38. The van der Waals surface area contributed by atoms with Crippen LogP contribution in [0.1, 0.15) is 27.0 Å². The van der Waals surface area contributed by atoms with E-state index in [1.54, 1.807) is 4.68 Å². The fourth-order valence-corrected chi connectivity index (χ4v) is 2.46. The van der Waals surface area contributed by atoms with Crippen molar-refractivity contribution in [3.63, 3.8) is 0 Å². The average Bonchev–Trinajstić information content (AvgIpc) is 3.06. The molecule has 2 N–H and O–H groups in total. The number of benzene rings is 1. The highest BCUT2D eigenvalue weighted by Crippen LogP contribution is 2.16. The highest BCUT2D eigenvalue weighted by molar-refractivity contribution is 5.94. The fraction of sp³-hybridized carbons (Fsp3) is 0.333. The predicted molar refractivity (Wildman–Crippen MR) is 83.5 cm³/mol. The van der Waals surface area contributed by atoms with Gasteiger partial charge in [0.2, 0.25) is 0 Å². The smallest absolute Gasteiger partial charge is 0.251 e. The minimum Gasteiger partial charge on any atom is -0.352 e. The lowest BCUT2D eigenvalue weighted by molar-refractivity contribution is 0.0954. The molecule has 0 saturated carbocycles. The number of halogens is 1. The molecule has 0 atom stereocenters. The second-order valence-corrected chi connectivity index (χ2v) is 5.12. The molecule has 2 aromatic rings. The van der Waals surface area contributed by atoms with Crippen molar-refractivity contribution in [2.45, 2.75) is 19.5 Å². The van der Waals surface area contributed by atoms with E-state index in [9.17, 15) is 4.79 Å². The first kappa shape index (κ1) is 15.5. The third-order valence-electron chi connectivity index (χ3n) is 3.56. The Morgan fingerprint density at radius 2 is 2.19 bits per heavy atom. The maximum atomic E-state index is 12.1. The standard InChI is InChI=1S/C15H18N4O.ClH/c1-19-10-11(7-18-19)4-5-17-15(20)12-2-3-13-8-16-9-14(13)6-12;/h2-3,6-7,10,16H,4-5,8-9H2,1H3,(H,17,20);1H. The van der Waals surface area contributed by atoms with E-state index in [0.717, 1.165) is 30.6 Å². The Bertz CT molecular complexity index is 638. The number of hydrogen-bond acceptors (Lipinski definition) is 3. The Morgan fingerprint density at radius 1 is 1.38 bits per heavy atom. The van der Waals surface area contributed by atoms with Crippen molar-refractivity contribution in [3.8, 4) is 0 Å². The van der Waals surface area contributed by atoms with Gasteiger partial charge in [-0.1, -0.05) is 6.07 Å². The molecule has 21 heavy (non-hydrogen) atoms. The highest BCUT2D eigenvalue weighted by atomic mass is 35.5. The van der Waals surface area contributed by atoms with Crippen LogP contribution in [-0.2, 0) is 26.6 Å². The van der Waals surface area contributed by atoms with Crippen molar-refractivity contribution in [2.75, 3.05) is 6.54 Å². The third kappa shape index (κ3) is 3.62. The number of hydrogen-bond donors (Lipinski definition) is 2. The van der Waals surface area contributed by atoms with Gasteiger partial charge >= 0.3 is 0 Å². The summed E-state index contributed by atoms with van der Waals surface area (Å²) in [5, 5.41) is 10.3. The molecule has 6 heteroatoms. The van der Waals surface area contributed by atoms with Crippen LogP contribution in [-0.4, -0.2) is 22.2 Å². The number of aryl methyl sites for hydroxylation is 1. The maximum absolute atomic E-state index is 12.1. The van der Waals surface area contributed by atoms with E-state index < -0.39 is 0 Å². The molecule has 112 valence electrons. The summed E-state index contributed by atoms with van der Waals surface area (Å²) in [6.07, 6.45) is 4.59. The number of carbonyl (C=O) groups is 1. The van der Waals surface area contributed by atoms with E-state index >= 15 is 0 Å². The fourth-order valence-electron chi connectivity index (χ4n) is 2.46. The van der Waals surface area contributed by atoms with Gasteiger partial charge in [0.1, 0.15) is 0 Å². The van der Waals surface area contributed by atoms with Gasteiger partial charge in [-0.3, -0.25) is 9.48 Å². The molecular weight excluding hydrogens is 288 g/mol. The summed E-state index contributed by atoms with van der Waals surface area (Å²) in [5.74, 6) is -0.0106. The Morgan fingerprint density at radius 3 is 2.95 bits per heavy atom. The first-order valence-electron chi connectivity index (χ1n) is 6.80. The predicted octanol–water partition coefficient (Wildman–Crippen LogP) is 1.42. The van der Waals surface area contributed by atoms with Gasteiger partial charge in [0.05, 0.1) is 6.20 Å². The normalized spacial score (nSPS) is 12.6. The topological polar surface area (TPSA) is 59.0 Å². The molecular formula is C15H19ClN4O. The van der Waals surface area contributed by atoms with Crippen molar-refractivity contribution in [1.29, 1.82) is 0 Å². The van der Waals surface area contributed by atoms with Gasteiger partial charge in [0, 0.05) is 38.4 Å². The molecule has 1 aliphatic rings. The van der Waals surface area contributed by atoms with Crippen LogP contribution >= 0.6 is 12.4 Å². The van der Waals surface area contributed by atoms with E-state index in [0.29, 0.717) is 6.54 Å². The van der Waals surface area contributed by atoms with Gasteiger partial charge in [-0.05, 0) is 35.2 Å². The van der Waals surface area contributed by atoms with Crippen LogP contribution < -0.4 is 10.6 Å². The van der Waals surface area contributed by atoms with Crippen LogP contribution in [0.3, 0.4) is 0 Å². The van der Waals surface area contributed by atoms with E-state index in [2.05, 4.69) is 15.7 Å². The minimum absolute atomic E-state index is 0. The Balaban J connectivity index is 0.00000161. The molecule has 0 saturated heterocycles. The molecule has 0 aliphatic carbocycles. The third-order valence-corrected chi connectivity index (χ3v) is 3.56. The molecule has 0 radical (unpaired) electrons. The molecule has 2 heterocycles. The number of carbonyl (C=O) groups excluding carboxylic acids is 1. The number of aromatic nitrogens is 2. The lowest BCUT2D eigenvalue weighted by atomic mass is 10.1. The summed E-state index contributed by atoms with van der Waals surface area (Å²) in [4.78, 5) is 12.1.